The minimum absolute atomic E-state index is 0.381. The number of aryl methyl sites for hydroxylation is 2. The number of benzene rings is 1. The van der Waals surface area contributed by atoms with Crippen molar-refractivity contribution in [1.82, 2.24) is 9.62 Å². The molecule has 4 nitrogen and oxygen atoms in total. The molecule has 0 aliphatic carbocycles. The summed E-state index contributed by atoms with van der Waals surface area (Å²) < 4.78 is 27.8. The number of likely N-dealkylation sites (tertiary alicyclic amines) is 1. The van der Waals surface area contributed by atoms with Crippen LogP contribution in [0.4, 0.5) is 0 Å². The molecule has 0 radical (unpaired) electrons. The molecule has 2 saturated heterocycles. The number of nitrogens with zero attached hydrogens (tertiary/aromatic N) is 1. The Morgan fingerprint density at radius 1 is 1.17 bits per heavy atom. The molecular formula is C18H28N2O2S2. The highest BCUT2D eigenvalue weighted by Gasteiger charge is 2.28. The van der Waals surface area contributed by atoms with Gasteiger partial charge < -0.3 is 0 Å². The molecule has 1 aromatic carbocycles. The fourth-order valence-electron chi connectivity index (χ4n) is 3.52. The Labute approximate surface area is 150 Å². The van der Waals surface area contributed by atoms with Crippen LogP contribution in [0.5, 0.6) is 0 Å². The van der Waals surface area contributed by atoms with Crippen LogP contribution < -0.4 is 4.72 Å². The molecule has 0 spiro atoms. The number of sulfonamides is 1. The second kappa shape index (κ2) is 7.77. The third kappa shape index (κ3) is 4.34. The number of piperidine rings is 1. The monoisotopic (exact) mass is 368 g/mol. The van der Waals surface area contributed by atoms with Crippen molar-refractivity contribution in [2.75, 3.05) is 31.1 Å². The van der Waals surface area contributed by atoms with Crippen molar-refractivity contribution in [3.63, 3.8) is 0 Å². The predicted octanol–water partition coefficient (Wildman–Crippen LogP) is 2.80. The van der Waals surface area contributed by atoms with E-state index in [4.69, 9.17) is 0 Å². The van der Waals surface area contributed by atoms with Gasteiger partial charge in [0.2, 0.25) is 10.0 Å². The summed E-state index contributed by atoms with van der Waals surface area (Å²) in [5.74, 6) is 3.02. The van der Waals surface area contributed by atoms with Crippen LogP contribution in [-0.2, 0) is 10.0 Å². The molecule has 2 heterocycles. The van der Waals surface area contributed by atoms with E-state index in [0.29, 0.717) is 17.4 Å². The van der Waals surface area contributed by atoms with Crippen LogP contribution in [0.25, 0.3) is 0 Å². The first-order valence-corrected chi connectivity index (χ1v) is 11.5. The highest BCUT2D eigenvalue weighted by molar-refractivity contribution is 7.99. The van der Waals surface area contributed by atoms with Crippen LogP contribution in [0.3, 0.4) is 0 Å². The molecule has 0 aromatic heterocycles. The van der Waals surface area contributed by atoms with Gasteiger partial charge >= 0.3 is 0 Å². The van der Waals surface area contributed by atoms with Gasteiger partial charge in [0.1, 0.15) is 0 Å². The van der Waals surface area contributed by atoms with Crippen molar-refractivity contribution in [2.24, 2.45) is 5.92 Å². The van der Waals surface area contributed by atoms with Crippen LogP contribution in [0.1, 0.15) is 30.4 Å². The first-order chi connectivity index (χ1) is 11.5. The van der Waals surface area contributed by atoms with Crippen molar-refractivity contribution < 1.29 is 8.42 Å². The Morgan fingerprint density at radius 2 is 1.92 bits per heavy atom. The van der Waals surface area contributed by atoms with Gasteiger partial charge in [-0.15, -0.1) is 0 Å². The van der Waals surface area contributed by atoms with Crippen LogP contribution in [0.2, 0.25) is 0 Å². The van der Waals surface area contributed by atoms with E-state index in [-0.39, 0.29) is 0 Å². The predicted molar refractivity (Wildman–Crippen MR) is 101 cm³/mol. The Kier molecular flexibility index (Phi) is 5.90. The third-order valence-electron chi connectivity index (χ3n) is 5.42. The molecule has 24 heavy (non-hydrogen) atoms. The number of rotatable bonds is 5. The zero-order valence-corrected chi connectivity index (χ0v) is 16.3. The van der Waals surface area contributed by atoms with Gasteiger partial charge in [-0.1, -0.05) is 6.07 Å². The maximum atomic E-state index is 12.5. The number of hydrogen-bond donors (Lipinski definition) is 1. The molecule has 6 heteroatoms. The standard InChI is InChI=1S/C18H28N2O2S2/c1-14-3-4-18(11-15(14)2)24(21,22)19-12-16-5-8-20(9-6-16)17-7-10-23-13-17/h3-4,11,16-17,19H,5-10,12-13H2,1-2H3. The molecule has 2 fully saturated rings. The van der Waals surface area contributed by atoms with E-state index >= 15 is 0 Å². The molecule has 2 aliphatic rings. The normalized spacial score (nSPS) is 23.7. The molecule has 1 aromatic rings. The van der Waals surface area contributed by atoms with Gasteiger partial charge in [-0.2, -0.15) is 11.8 Å². The third-order valence-corrected chi connectivity index (χ3v) is 7.99. The maximum absolute atomic E-state index is 12.5. The summed E-state index contributed by atoms with van der Waals surface area (Å²) in [6.07, 6.45) is 3.50. The van der Waals surface area contributed by atoms with E-state index in [0.717, 1.165) is 43.1 Å². The van der Waals surface area contributed by atoms with Gasteiger partial charge in [-0.25, -0.2) is 13.1 Å². The van der Waals surface area contributed by atoms with E-state index in [1.165, 1.54) is 17.9 Å². The quantitative estimate of drug-likeness (QED) is 0.868. The van der Waals surface area contributed by atoms with E-state index < -0.39 is 10.0 Å². The Morgan fingerprint density at radius 3 is 2.54 bits per heavy atom. The van der Waals surface area contributed by atoms with Crippen LogP contribution in [-0.4, -0.2) is 50.5 Å². The van der Waals surface area contributed by atoms with E-state index in [1.54, 1.807) is 12.1 Å². The Balaban J connectivity index is 1.51. The molecule has 0 bridgehead atoms. The molecule has 134 valence electrons. The smallest absolute Gasteiger partial charge is 0.240 e. The Hall–Kier alpha value is -0.560. The average Bonchev–Trinajstić information content (AvgIpc) is 3.10. The molecular weight excluding hydrogens is 340 g/mol. The van der Waals surface area contributed by atoms with Gasteiger partial charge in [0, 0.05) is 18.3 Å². The van der Waals surface area contributed by atoms with Crippen LogP contribution >= 0.6 is 11.8 Å². The Bertz CT molecular complexity index is 662. The molecule has 2 aliphatic heterocycles. The van der Waals surface area contributed by atoms with Crippen molar-refractivity contribution in [3.05, 3.63) is 29.3 Å². The fourth-order valence-corrected chi connectivity index (χ4v) is 5.98. The summed E-state index contributed by atoms with van der Waals surface area (Å²) in [6, 6.07) is 6.09. The summed E-state index contributed by atoms with van der Waals surface area (Å²) in [5.41, 5.74) is 2.13. The molecule has 1 atom stereocenters. The number of thioether (sulfide) groups is 1. The topological polar surface area (TPSA) is 49.4 Å². The van der Waals surface area contributed by atoms with Gasteiger partial charge in [0.05, 0.1) is 4.90 Å². The fraction of sp³-hybridized carbons (Fsp3) is 0.667. The maximum Gasteiger partial charge on any atom is 0.240 e. The highest BCUT2D eigenvalue weighted by Crippen LogP contribution is 2.27. The van der Waals surface area contributed by atoms with Gasteiger partial charge in [-0.3, -0.25) is 4.90 Å². The lowest BCUT2D eigenvalue weighted by atomic mass is 9.96. The van der Waals surface area contributed by atoms with Gasteiger partial charge in [-0.05, 0) is 81.1 Å². The lowest BCUT2D eigenvalue weighted by Gasteiger charge is -2.35. The summed E-state index contributed by atoms with van der Waals surface area (Å²) in [4.78, 5) is 2.99. The van der Waals surface area contributed by atoms with Gasteiger partial charge in [0.15, 0.2) is 0 Å². The minimum atomic E-state index is -3.40. The molecule has 1 unspecified atom stereocenters. The van der Waals surface area contributed by atoms with Crippen molar-refractivity contribution in [3.8, 4) is 0 Å². The summed E-state index contributed by atoms with van der Waals surface area (Å²) in [7, 11) is -3.40. The first kappa shape index (κ1) is 18.2. The molecule has 0 saturated carbocycles. The largest absolute Gasteiger partial charge is 0.300 e. The zero-order valence-electron chi connectivity index (χ0n) is 14.6. The van der Waals surface area contributed by atoms with Crippen molar-refractivity contribution >= 4 is 21.8 Å². The lowest BCUT2D eigenvalue weighted by molar-refractivity contribution is 0.145. The SMILES string of the molecule is Cc1ccc(S(=O)(=O)NCC2CCN(C3CCSC3)CC2)cc1C. The summed E-state index contributed by atoms with van der Waals surface area (Å²) in [6.45, 7) is 6.73. The van der Waals surface area contributed by atoms with E-state index in [2.05, 4.69) is 21.4 Å². The van der Waals surface area contributed by atoms with Crippen molar-refractivity contribution in [1.29, 1.82) is 0 Å². The van der Waals surface area contributed by atoms with Crippen LogP contribution in [0, 0.1) is 19.8 Å². The van der Waals surface area contributed by atoms with E-state index in [1.807, 2.05) is 19.9 Å². The molecule has 1 N–H and O–H groups in total. The zero-order chi connectivity index (χ0) is 17.2. The van der Waals surface area contributed by atoms with Crippen molar-refractivity contribution in [2.45, 2.75) is 44.0 Å². The second-order valence-electron chi connectivity index (χ2n) is 7.09. The highest BCUT2D eigenvalue weighted by atomic mass is 32.2. The average molecular weight is 369 g/mol. The minimum Gasteiger partial charge on any atom is -0.300 e. The van der Waals surface area contributed by atoms with Crippen LogP contribution in [0.15, 0.2) is 23.1 Å². The number of nitrogens with one attached hydrogen (secondary N) is 1. The first-order valence-electron chi connectivity index (χ1n) is 8.84. The summed E-state index contributed by atoms with van der Waals surface area (Å²) in [5, 5.41) is 0. The molecule has 0 amide bonds. The molecule has 3 rings (SSSR count). The second-order valence-corrected chi connectivity index (χ2v) is 10.0. The van der Waals surface area contributed by atoms with Gasteiger partial charge in [0.25, 0.3) is 0 Å². The summed E-state index contributed by atoms with van der Waals surface area (Å²) >= 11 is 2.06. The lowest BCUT2D eigenvalue weighted by Crippen LogP contribution is -2.43. The number of hydrogen-bond acceptors (Lipinski definition) is 4. The van der Waals surface area contributed by atoms with E-state index in [9.17, 15) is 8.42 Å².